The third-order valence-electron chi connectivity index (χ3n) is 0.745. The van der Waals surface area contributed by atoms with E-state index in [9.17, 15) is 4.79 Å². The van der Waals surface area contributed by atoms with Gasteiger partial charge in [-0.3, -0.25) is 4.79 Å². The third-order valence-corrected chi connectivity index (χ3v) is 0.745. The van der Waals surface area contributed by atoms with Crippen molar-refractivity contribution in [2.45, 2.75) is 13.0 Å². The predicted octanol–water partition coefficient (Wildman–Crippen LogP) is -2.02. The summed E-state index contributed by atoms with van der Waals surface area (Å²) in [6.07, 6.45) is 1.31. The van der Waals surface area contributed by atoms with Gasteiger partial charge in [0.05, 0.1) is 0 Å². The maximum atomic E-state index is 10.0. The van der Waals surface area contributed by atoms with Gasteiger partial charge in [0.1, 0.15) is 0 Å². The van der Waals surface area contributed by atoms with E-state index in [0.717, 1.165) is 0 Å². The van der Waals surface area contributed by atoms with Crippen molar-refractivity contribution in [1.82, 2.24) is 0 Å². The van der Waals surface area contributed by atoms with Crippen LogP contribution in [0.1, 0.15) is 6.92 Å². The second-order valence-corrected chi connectivity index (χ2v) is 1.32. The molecule has 0 heterocycles. The fourth-order valence-corrected chi connectivity index (χ4v) is 0.314. The second kappa shape index (κ2) is 7.69. The number of rotatable bonds is 3. The molecule has 0 unspecified atom stereocenters. The van der Waals surface area contributed by atoms with Gasteiger partial charge in [-0.15, -0.1) is 5.11 Å². The van der Waals surface area contributed by atoms with Gasteiger partial charge in [-0.25, -0.2) is 0 Å². The Balaban J connectivity index is 0. The van der Waals surface area contributed by atoms with Gasteiger partial charge in [0, 0.05) is 6.04 Å². The van der Waals surface area contributed by atoms with Gasteiger partial charge in [0.2, 0.25) is 0 Å². The Morgan fingerprint density at radius 2 is 2.40 bits per heavy atom. The Morgan fingerprint density at radius 1 is 1.90 bits per heavy atom. The van der Waals surface area contributed by atoms with E-state index in [1.807, 2.05) is 0 Å². The van der Waals surface area contributed by atoms with Gasteiger partial charge in [0.15, 0.2) is 0 Å². The van der Waals surface area contributed by atoms with Crippen molar-refractivity contribution in [3.8, 4) is 0 Å². The fourth-order valence-electron chi connectivity index (χ4n) is 0.314. The van der Waals surface area contributed by atoms with E-state index in [1.54, 1.807) is 0 Å². The molecule has 5 nitrogen and oxygen atoms in total. The van der Waals surface area contributed by atoms with Crippen LogP contribution in [0.4, 0.5) is 0 Å². The van der Waals surface area contributed by atoms with Crippen LogP contribution < -0.4 is 58.2 Å². The molecular formula is C4H6N3O2Rb. The summed E-state index contributed by atoms with van der Waals surface area (Å²) < 4.78 is 0. The summed E-state index contributed by atoms with van der Waals surface area (Å²) in [6, 6.07) is -1.03. The fraction of sp³-hybridized carbons (Fsp3) is 0.500. The average molecular weight is 214 g/mol. The summed E-state index contributed by atoms with van der Waals surface area (Å²) in [5, 5.41) is 11.2. The van der Waals surface area contributed by atoms with Crippen LogP contribution in [0.25, 0.3) is 10.4 Å². The van der Waals surface area contributed by atoms with Gasteiger partial charge >= 0.3 is 58.2 Å². The minimum Gasteiger partial charge on any atom is -0.483 e. The molecule has 6 heteroatoms. The molecule has 0 radical (unpaired) electrons. The summed E-state index contributed by atoms with van der Waals surface area (Å²) in [5.41, 5.74) is 7.79. The van der Waals surface area contributed by atoms with E-state index in [1.165, 1.54) is 13.3 Å². The van der Waals surface area contributed by atoms with E-state index in [-0.39, 0.29) is 58.2 Å². The van der Waals surface area contributed by atoms with Crippen LogP contribution in [-0.4, -0.2) is 17.1 Å². The largest absolute Gasteiger partial charge is 1.00 e. The van der Waals surface area contributed by atoms with Crippen LogP contribution in [0.3, 0.4) is 0 Å². The number of aliphatic carboxylic acids is 1. The third kappa shape index (κ3) is 5.38. The van der Waals surface area contributed by atoms with Crippen LogP contribution >= 0.6 is 0 Å². The molecule has 0 aliphatic rings. The Bertz CT molecular complexity index is 153. The first-order valence-corrected chi connectivity index (χ1v) is 2.29. The molecule has 0 aromatic carbocycles. The van der Waals surface area contributed by atoms with Crippen LogP contribution in [0.5, 0.6) is 0 Å². The molecule has 50 valence electrons. The predicted molar refractivity (Wildman–Crippen MR) is 30.5 cm³/mol. The molecule has 0 spiro atoms. The zero-order chi connectivity index (χ0) is 7.28. The van der Waals surface area contributed by atoms with Crippen molar-refractivity contribution in [2.24, 2.45) is 5.11 Å². The molecule has 0 saturated heterocycles. The molecule has 0 saturated carbocycles. The molecular weight excluding hydrogens is 208 g/mol. The van der Waals surface area contributed by atoms with E-state index < -0.39 is 12.0 Å². The first-order chi connectivity index (χ1) is 4.22. The van der Waals surface area contributed by atoms with Crippen LogP contribution in [0.2, 0.25) is 0 Å². The molecule has 0 aliphatic heterocycles. The summed E-state index contributed by atoms with van der Waals surface area (Å²) in [4.78, 5) is 12.4. The van der Waals surface area contributed by atoms with E-state index in [0.29, 0.717) is 0 Å². The van der Waals surface area contributed by atoms with Gasteiger partial charge in [-0.2, -0.15) is 6.92 Å². The Hall–Kier alpha value is 0.585. The summed E-state index contributed by atoms with van der Waals surface area (Å²) in [6.45, 7) is 1.52. The summed E-state index contributed by atoms with van der Waals surface area (Å²) >= 11 is 0. The van der Waals surface area contributed by atoms with Gasteiger partial charge in [-0.1, -0.05) is 0 Å². The molecule has 0 amide bonds. The molecule has 1 atom stereocenters. The molecule has 10 heavy (non-hydrogen) atoms. The Labute approximate surface area is 107 Å². The SMILES string of the molecule is C[CH-][C@H](N=[N+]=[N-])C(=O)O.[Rb+]. The topological polar surface area (TPSA) is 86.1 Å². The number of carboxylic acid groups (broad SMARTS) is 1. The van der Waals surface area contributed by atoms with E-state index in [4.69, 9.17) is 10.6 Å². The normalized spacial score (nSPS) is 10.5. The quantitative estimate of drug-likeness (QED) is 0.254. The van der Waals surface area contributed by atoms with Crippen LogP contribution in [0.15, 0.2) is 5.11 Å². The van der Waals surface area contributed by atoms with Gasteiger partial charge in [0.25, 0.3) is 5.97 Å². The average Bonchev–Trinajstić information content (AvgIpc) is 1.82. The first-order valence-electron chi connectivity index (χ1n) is 2.29. The standard InChI is InChI=1S/C4H6N3O2.Rb/c1-2-3(4(8)9)6-7-5;/h2-3H,1H3,(H,8,9);/q-1;+1/t3-;/m0./s1. The number of carbonyl (C=O) groups is 1. The monoisotopic (exact) mass is 213 g/mol. The summed E-state index contributed by atoms with van der Waals surface area (Å²) in [5.74, 6) is -1.13. The number of hydrogen-bond donors (Lipinski definition) is 1. The van der Waals surface area contributed by atoms with Crippen molar-refractivity contribution in [3.05, 3.63) is 16.9 Å². The number of nitrogens with zero attached hydrogens (tertiary/aromatic N) is 3. The zero-order valence-electron chi connectivity index (χ0n) is 5.85. The minimum atomic E-state index is -1.13. The molecule has 0 aromatic heterocycles. The van der Waals surface area contributed by atoms with Crippen molar-refractivity contribution >= 4 is 5.97 Å². The minimum absolute atomic E-state index is 0. The Morgan fingerprint density at radius 3 is 2.50 bits per heavy atom. The van der Waals surface area contributed by atoms with Crippen LogP contribution in [0, 0.1) is 6.42 Å². The van der Waals surface area contributed by atoms with Gasteiger partial charge < -0.3 is 11.5 Å². The van der Waals surface area contributed by atoms with E-state index >= 15 is 0 Å². The van der Waals surface area contributed by atoms with Crippen LogP contribution in [-0.2, 0) is 4.79 Å². The van der Waals surface area contributed by atoms with Crippen molar-refractivity contribution < 1.29 is 68.1 Å². The van der Waals surface area contributed by atoms with E-state index in [2.05, 4.69) is 10.0 Å². The van der Waals surface area contributed by atoms with Crippen molar-refractivity contribution in [1.29, 1.82) is 0 Å². The molecule has 0 aliphatic carbocycles. The van der Waals surface area contributed by atoms with Gasteiger partial charge in [-0.05, 0) is 10.4 Å². The number of hydrogen-bond acceptors (Lipinski definition) is 2. The molecule has 0 aromatic rings. The summed E-state index contributed by atoms with van der Waals surface area (Å²) in [7, 11) is 0. The first kappa shape index (κ1) is 13.2. The smallest absolute Gasteiger partial charge is 0.483 e. The molecule has 0 fully saturated rings. The zero-order valence-corrected chi connectivity index (χ0v) is 10.8. The van der Waals surface area contributed by atoms with Crippen molar-refractivity contribution in [3.63, 3.8) is 0 Å². The maximum Gasteiger partial charge on any atom is 1.00 e. The number of carboxylic acids is 1. The van der Waals surface area contributed by atoms with Crippen molar-refractivity contribution in [2.75, 3.05) is 0 Å². The maximum absolute atomic E-state index is 10.0. The molecule has 0 rings (SSSR count). The molecule has 0 bridgehead atoms. The molecule has 1 N–H and O–H groups in total. The second-order valence-electron chi connectivity index (χ2n) is 1.32. The Kier molecular flexibility index (Phi) is 10.1. The number of azide groups is 1.